The van der Waals surface area contributed by atoms with E-state index in [0.717, 1.165) is 11.8 Å². The summed E-state index contributed by atoms with van der Waals surface area (Å²) in [6.45, 7) is 5.07. The number of hydrogen-bond donors (Lipinski definition) is 1. The maximum absolute atomic E-state index is 12.4. The summed E-state index contributed by atoms with van der Waals surface area (Å²) < 4.78 is 37.1. The normalized spacial score (nSPS) is 12.9. The van der Waals surface area contributed by atoms with Crippen LogP contribution in [0, 0.1) is 0 Å². The Kier molecular flexibility index (Phi) is 8.71. The lowest BCUT2D eigenvalue weighted by Gasteiger charge is -2.23. The molecule has 1 atom stereocenters. The van der Waals surface area contributed by atoms with E-state index in [2.05, 4.69) is 9.50 Å². The van der Waals surface area contributed by atoms with Crippen molar-refractivity contribution in [2.45, 2.75) is 51.9 Å². The molecule has 1 rings (SSSR count). The fraction of sp³-hybridized carbons (Fsp3) is 0.556. The fourth-order valence-corrected chi connectivity index (χ4v) is 2.45. The first-order chi connectivity index (χ1) is 12.5. The van der Waals surface area contributed by atoms with Crippen LogP contribution in [-0.2, 0) is 35.2 Å². The minimum Gasteiger partial charge on any atom is -0.459 e. The van der Waals surface area contributed by atoms with Gasteiger partial charge in [0.2, 0.25) is 0 Å². The SMILES string of the molecule is CC(C)(C)OC(=O)NC(CCCOS(C)(=O)=O)C(=O)OCc1ccccc1. The van der Waals surface area contributed by atoms with Crippen molar-refractivity contribution in [3.63, 3.8) is 0 Å². The second-order valence-corrected chi connectivity index (χ2v) is 8.60. The van der Waals surface area contributed by atoms with Crippen LogP contribution in [0.2, 0.25) is 0 Å². The number of benzene rings is 1. The van der Waals surface area contributed by atoms with Crippen molar-refractivity contribution in [3.05, 3.63) is 35.9 Å². The maximum atomic E-state index is 12.4. The van der Waals surface area contributed by atoms with E-state index in [9.17, 15) is 18.0 Å². The van der Waals surface area contributed by atoms with Gasteiger partial charge < -0.3 is 14.8 Å². The van der Waals surface area contributed by atoms with Crippen LogP contribution in [0.4, 0.5) is 4.79 Å². The van der Waals surface area contributed by atoms with Gasteiger partial charge in [-0.2, -0.15) is 8.42 Å². The number of hydrogen-bond acceptors (Lipinski definition) is 7. The first-order valence-electron chi connectivity index (χ1n) is 8.51. The van der Waals surface area contributed by atoms with Crippen LogP contribution >= 0.6 is 0 Å². The van der Waals surface area contributed by atoms with Crippen LogP contribution in [0.3, 0.4) is 0 Å². The smallest absolute Gasteiger partial charge is 0.408 e. The van der Waals surface area contributed by atoms with Crippen LogP contribution in [0.25, 0.3) is 0 Å². The Hall–Kier alpha value is -2.13. The molecule has 1 aromatic carbocycles. The molecule has 0 heterocycles. The van der Waals surface area contributed by atoms with E-state index < -0.39 is 33.8 Å². The van der Waals surface area contributed by atoms with Crippen LogP contribution in [-0.4, -0.2) is 45.0 Å². The first-order valence-corrected chi connectivity index (χ1v) is 10.3. The molecule has 0 aliphatic heterocycles. The van der Waals surface area contributed by atoms with Gasteiger partial charge in [-0.05, 0) is 39.2 Å². The molecule has 0 aliphatic rings. The second-order valence-electron chi connectivity index (χ2n) is 6.96. The molecule has 0 bridgehead atoms. The van der Waals surface area contributed by atoms with Gasteiger partial charge in [-0.1, -0.05) is 30.3 Å². The molecule has 0 fully saturated rings. The average molecular weight is 401 g/mol. The average Bonchev–Trinajstić information content (AvgIpc) is 2.53. The van der Waals surface area contributed by atoms with E-state index in [0.29, 0.717) is 0 Å². The molecular weight excluding hydrogens is 374 g/mol. The van der Waals surface area contributed by atoms with E-state index in [-0.39, 0.29) is 26.1 Å². The minimum atomic E-state index is -3.56. The lowest BCUT2D eigenvalue weighted by atomic mass is 10.1. The number of amides is 1. The van der Waals surface area contributed by atoms with Crippen molar-refractivity contribution in [2.75, 3.05) is 12.9 Å². The van der Waals surface area contributed by atoms with E-state index in [1.807, 2.05) is 30.3 Å². The van der Waals surface area contributed by atoms with Gasteiger partial charge in [0.25, 0.3) is 10.1 Å². The van der Waals surface area contributed by atoms with Gasteiger partial charge in [0.15, 0.2) is 0 Å². The summed E-state index contributed by atoms with van der Waals surface area (Å²) in [5.74, 6) is -0.635. The number of alkyl carbamates (subject to hydrolysis) is 1. The van der Waals surface area contributed by atoms with E-state index in [1.165, 1.54) is 0 Å². The topological polar surface area (TPSA) is 108 Å². The zero-order valence-electron chi connectivity index (χ0n) is 16.1. The minimum absolute atomic E-state index is 0.0615. The van der Waals surface area contributed by atoms with Gasteiger partial charge in [-0.3, -0.25) is 4.18 Å². The largest absolute Gasteiger partial charge is 0.459 e. The van der Waals surface area contributed by atoms with E-state index >= 15 is 0 Å². The molecule has 0 aliphatic carbocycles. The van der Waals surface area contributed by atoms with Crippen molar-refractivity contribution in [2.24, 2.45) is 0 Å². The molecule has 152 valence electrons. The highest BCUT2D eigenvalue weighted by molar-refractivity contribution is 7.85. The van der Waals surface area contributed by atoms with Crippen molar-refractivity contribution >= 4 is 22.2 Å². The summed E-state index contributed by atoms with van der Waals surface area (Å²) in [6, 6.07) is 8.13. The lowest BCUT2D eigenvalue weighted by Crippen LogP contribution is -2.44. The Morgan fingerprint density at radius 2 is 1.78 bits per heavy atom. The van der Waals surface area contributed by atoms with Gasteiger partial charge in [0.1, 0.15) is 18.2 Å². The van der Waals surface area contributed by atoms with Crippen molar-refractivity contribution in [3.8, 4) is 0 Å². The highest BCUT2D eigenvalue weighted by atomic mass is 32.2. The summed E-state index contributed by atoms with van der Waals surface area (Å²) in [7, 11) is -3.56. The summed E-state index contributed by atoms with van der Waals surface area (Å²) in [4.78, 5) is 24.3. The molecule has 8 nitrogen and oxygen atoms in total. The Balaban J connectivity index is 2.64. The molecule has 1 amide bonds. The molecule has 0 saturated heterocycles. The molecule has 0 radical (unpaired) electrons. The molecule has 0 saturated carbocycles. The van der Waals surface area contributed by atoms with E-state index in [1.54, 1.807) is 20.8 Å². The van der Waals surface area contributed by atoms with Gasteiger partial charge in [-0.15, -0.1) is 0 Å². The van der Waals surface area contributed by atoms with Gasteiger partial charge >= 0.3 is 12.1 Å². The molecule has 1 N–H and O–H groups in total. The summed E-state index contributed by atoms with van der Waals surface area (Å²) in [6.07, 6.45) is 0.557. The zero-order valence-corrected chi connectivity index (χ0v) is 16.9. The van der Waals surface area contributed by atoms with Crippen molar-refractivity contribution in [1.29, 1.82) is 0 Å². The summed E-state index contributed by atoms with van der Waals surface area (Å²) >= 11 is 0. The van der Waals surface area contributed by atoms with Gasteiger partial charge in [-0.25, -0.2) is 9.59 Å². The molecular formula is C18H27NO7S. The molecule has 9 heteroatoms. The van der Waals surface area contributed by atoms with Crippen molar-refractivity contribution < 1.29 is 31.7 Å². The maximum Gasteiger partial charge on any atom is 0.408 e. The molecule has 0 spiro atoms. The Morgan fingerprint density at radius 3 is 2.33 bits per heavy atom. The monoisotopic (exact) mass is 401 g/mol. The fourth-order valence-electron chi connectivity index (χ4n) is 2.03. The van der Waals surface area contributed by atoms with Crippen molar-refractivity contribution in [1.82, 2.24) is 5.32 Å². The third kappa shape index (κ3) is 11.2. The third-order valence-corrected chi connectivity index (χ3v) is 3.73. The standard InChI is InChI=1S/C18H27NO7S/c1-18(2,3)26-17(21)19-15(11-8-12-25-27(4,22)23)16(20)24-13-14-9-6-5-7-10-14/h5-7,9-10,15H,8,11-13H2,1-4H3,(H,19,21). The number of nitrogens with one attached hydrogen (secondary N) is 1. The number of rotatable bonds is 9. The lowest BCUT2D eigenvalue weighted by molar-refractivity contribution is -0.147. The van der Waals surface area contributed by atoms with Gasteiger partial charge in [0, 0.05) is 0 Å². The number of ether oxygens (including phenoxy) is 2. The highest BCUT2D eigenvalue weighted by Gasteiger charge is 2.25. The summed E-state index contributed by atoms with van der Waals surface area (Å²) in [5, 5.41) is 2.47. The molecule has 27 heavy (non-hydrogen) atoms. The molecule has 1 aromatic rings. The number of carbonyl (C=O) groups is 2. The number of carbonyl (C=O) groups excluding carboxylic acids is 2. The quantitative estimate of drug-likeness (QED) is 0.384. The number of esters is 1. The van der Waals surface area contributed by atoms with Crippen LogP contribution in [0.15, 0.2) is 30.3 Å². The van der Waals surface area contributed by atoms with Crippen LogP contribution in [0.5, 0.6) is 0 Å². The first kappa shape index (κ1) is 22.9. The van der Waals surface area contributed by atoms with Gasteiger partial charge in [0.05, 0.1) is 12.9 Å². The highest BCUT2D eigenvalue weighted by Crippen LogP contribution is 2.10. The predicted octanol–water partition coefficient (Wildman–Crippen LogP) is 2.38. The summed E-state index contributed by atoms with van der Waals surface area (Å²) in [5.41, 5.74) is 0.0874. The molecule has 1 unspecified atom stereocenters. The Morgan fingerprint density at radius 1 is 1.15 bits per heavy atom. The predicted molar refractivity (Wildman–Crippen MR) is 99.4 cm³/mol. The van der Waals surface area contributed by atoms with Crippen LogP contribution in [0.1, 0.15) is 39.2 Å². The second kappa shape index (κ2) is 10.3. The Bertz CT molecular complexity index is 711. The Labute approximate surface area is 160 Å². The van der Waals surface area contributed by atoms with E-state index in [4.69, 9.17) is 9.47 Å². The molecule has 0 aromatic heterocycles. The zero-order chi connectivity index (χ0) is 20.5. The van der Waals surface area contributed by atoms with Crippen LogP contribution < -0.4 is 5.32 Å². The third-order valence-electron chi connectivity index (χ3n) is 3.13.